The lowest BCUT2D eigenvalue weighted by molar-refractivity contribution is -0.116. The summed E-state index contributed by atoms with van der Waals surface area (Å²) in [7, 11) is 0. The summed E-state index contributed by atoms with van der Waals surface area (Å²) in [6.07, 6.45) is 1.71. The van der Waals surface area contributed by atoms with Crippen molar-refractivity contribution >= 4 is 35.0 Å². The number of hydrogen-bond acceptors (Lipinski definition) is 5. The van der Waals surface area contributed by atoms with Crippen LogP contribution in [0.1, 0.15) is 36.8 Å². The van der Waals surface area contributed by atoms with Crippen molar-refractivity contribution in [3.8, 4) is 0 Å². The molecule has 3 aromatic rings. The van der Waals surface area contributed by atoms with E-state index >= 15 is 0 Å². The monoisotopic (exact) mass is 427 g/mol. The molecule has 2 heterocycles. The Hall–Kier alpha value is -2.51. The molecule has 1 aliphatic rings. The van der Waals surface area contributed by atoms with Crippen LogP contribution in [0, 0.1) is 0 Å². The minimum atomic E-state index is -0.413. The van der Waals surface area contributed by atoms with Gasteiger partial charge in [-0.05, 0) is 41.8 Å². The Morgan fingerprint density at radius 1 is 1.10 bits per heavy atom. The fourth-order valence-corrected chi connectivity index (χ4v) is 4.51. The molecule has 2 N–H and O–H groups in total. The number of hydrogen-bond donors (Lipinski definition) is 2. The number of benzene rings is 2. The van der Waals surface area contributed by atoms with Crippen LogP contribution in [0.5, 0.6) is 0 Å². The Bertz CT molecular complexity index is 1000. The Morgan fingerprint density at radius 2 is 1.83 bits per heavy atom. The third-order valence-electron chi connectivity index (χ3n) is 4.94. The van der Waals surface area contributed by atoms with Gasteiger partial charge < -0.3 is 10.7 Å². The van der Waals surface area contributed by atoms with E-state index in [1.54, 1.807) is 0 Å². The number of fused-ring (bicyclic) bond motifs is 1. The second kappa shape index (κ2) is 8.47. The van der Waals surface area contributed by atoms with Crippen molar-refractivity contribution in [2.75, 3.05) is 10.7 Å². The van der Waals surface area contributed by atoms with E-state index in [2.05, 4.69) is 27.9 Å². The molecule has 6 nitrogen and oxygen atoms in total. The summed E-state index contributed by atoms with van der Waals surface area (Å²) < 4.78 is 1.88. The topological polar surface area (TPSA) is 71.8 Å². The van der Waals surface area contributed by atoms with Crippen molar-refractivity contribution in [3.63, 3.8) is 0 Å². The van der Waals surface area contributed by atoms with Crippen LogP contribution >= 0.6 is 23.4 Å². The summed E-state index contributed by atoms with van der Waals surface area (Å²) >= 11 is 7.48. The molecule has 0 bridgehead atoms. The largest absolute Gasteiger partial charge is 0.325 e. The summed E-state index contributed by atoms with van der Waals surface area (Å²) in [5, 5.41) is 12.5. The molecule has 2 aromatic carbocycles. The number of halogens is 1. The van der Waals surface area contributed by atoms with E-state index in [1.807, 2.05) is 60.1 Å². The van der Waals surface area contributed by atoms with Gasteiger partial charge in [-0.25, -0.2) is 4.68 Å². The standard InChI is InChI=1S/C21H22ClN5OS/c1-3-13-5-11-16(12-6-13)23-20(28)19-18(14-7-9-15(22)10-8-14)26-27-17(4-2)24-25-21(27)29-19/h5-12,18-19,26H,3-4H2,1-2H3,(H,23,28). The molecule has 1 aromatic heterocycles. The van der Waals surface area contributed by atoms with Gasteiger partial charge in [-0.3, -0.25) is 4.79 Å². The SMILES string of the molecule is CCc1ccc(NC(=O)C2Sc3nnc(CC)n3NC2c2ccc(Cl)cc2)cc1. The second-order valence-electron chi connectivity index (χ2n) is 6.82. The maximum atomic E-state index is 13.2. The molecule has 4 rings (SSSR count). The molecule has 2 atom stereocenters. The quantitative estimate of drug-likeness (QED) is 0.629. The minimum absolute atomic E-state index is 0.0843. The predicted molar refractivity (Wildman–Crippen MR) is 117 cm³/mol. The molecule has 29 heavy (non-hydrogen) atoms. The van der Waals surface area contributed by atoms with Crippen molar-refractivity contribution in [1.82, 2.24) is 14.9 Å². The van der Waals surface area contributed by atoms with Crippen LogP contribution in [0.4, 0.5) is 5.69 Å². The number of anilines is 1. The number of aromatic nitrogens is 3. The van der Waals surface area contributed by atoms with Crippen LogP contribution in [0.3, 0.4) is 0 Å². The van der Waals surface area contributed by atoms with Gasteiger partial charge in [0.1, 0.15) is 5.25 Å². The van der Waals surface area contributed by atoms with Gasteiger partial charge in [0.05, 0.1) is 6.04 Å². The molecule has 150 valence electrons. The van der Waals surface area contributed by atoms with Crippen molar-refractivity contribution in [1.29, 1.82) is 0 Å². The van der Waals surface area contributed by atoms with Crippen molar-refractivity contribution < 1.29 is 4.79 Å². The van der Waals surface area contributed by atoms with E-state index in [0.717, 1.165) is 29.9 Å². The Balaban J connectivity index is 1.63. The highest BCUT2D eigenvalue weighted by Crippen LogP contribution is 2.37. The van der Waals surface area contributed by atoms with E-state index in [1.165, 1.54) is 17.3 Å². The molecule has 0 saturated carbocycles. The lowest BCUT2D eigenvalue weighted by Gasteiger charge is -2.33. The zero-order valence-corrected chi connectivity index (χ0v) is 17.8. The zero-order chi connectivity index (χ0) is 20.4. The van der Waals surface area contributed by atoms with Crippen LogP contribution in [-0.4, -0.2) is 26.0 Å². The van der Waals surface area contributed by atoms with E-state index in [-0.39, 0.29) is 11.9 Å². The van der Waals surface area contributed by atoms with Crippen LogP contribution < -0.4 is 10.7 Å². The van der Waals surface area contributed by atoms with Crippen LogP contribution in [-0.2, 0) is 17.6 Å². The number of nitrogens with one attached hydrogen (secondary N) is 2. The number of thioether (sulfide) groups is 1. The molecular formula is C21H22ClN5OS. The number of rotatable bonds is 5. The molecule has 1 aliphatic heterocycles. The van der Waals surface area contributed by atoms with Gasteiger partial charge in [-0.2, -0.15) is 0 Å². The summed E-state index contributed by atoms with van der Waals surface area (Å²) in [5.41, 5.74) is 6.42. The van der Waals surface area contributed by atoms with Gasteiger partial charge in [0.15, 0.2) is 5.82 Å². The van der Waals surface area contributed by atoms with E-state index in [4.69, 9.17) is 11.6 Å². The summed E-state index contributed by atoms with van der Waals surface area (Å²) in [6, 6.07) is 15.2. The fraction of sp³-hybridized carbons (Fsp3) is 0.286. The third kappa shape index (κ3) is 4.11. The molecular weight excluding hydrogens is 406 g/mol. The smallest absolute Gasteiger partial charge is 0.240 e. The van der Waals surface area contributed by atoms with Gasteiger partial charge in [-0.15, -0.1) is 10.2 Å². The molecule has 2 unspecified atom stereocenters. The Morgan fingerprint density at radius 3 is 2.48 bits per heavy atom. The minimum Gasteiger partial charge on any atom is -0.325 e. The van der Waals surface area contributed by atoms with Gasteiger partial charge in [-0.1, -0.05) is 61.5 Å². The summed E-state index contributed by atoms with van der Waals surface area (Å²) in [6.45, 7) is 4.13. The molecule has 0 saturated heterocycles. The summed E-state index contributed by atoms with van der Waals surface area (Å²) in [5.74, 6) is 0.750. The first-order chi connectivity index (χ1) is 14.1. The number of amides is 1. The van der Waals surface area contributed by atoms with Crippen LogP contribution in [0.15, 0.2) is 53.7 Å². The predicted octanol–water partition coefficient (Wildman–Crippen LogP) is 4.45. The van der Waals surface area contributed by atoms with Crippen LogP contribution in [0.25, 0.3) is 0 Å². The first-order valence-corrected chi connectivity index (χ1v) is 10.9. The first-order valence-electron chi connectivity index (χ1n) is 9.61. The second-order valence-corrected chi connectivity index (χ2v) is 8.37. The normalized spacial score (nSPS) is 18.0. The highest BCUT2D eigenvalue weighted by molar-refractivity contribution is 8.00. The average Bonchev–Trinajstić information content (AvgIpc) is 3.16. The van der Waals surface area contributed by atoms with Gasteiger partial charge in [0.25, 0.3) is 0 Å². The number of nitrogens with zero attached hydrogens (tertiary/aromatic N) is 3. The summed E-state index contributed by atoms with van der Waals surface area (Å²) in [4.78, 5) is 13.2. The molecule has 0 fully saturated rings. The van der Waals surface area contributed by atoms with Crippen molar-refractivity contribution in [3.05, 3.63) is 70.5 Å². The van der Waals surface area contributed by atoms with Crippen LogP contribution in [0.2, 0.25) is 5.02 Å². The number of carbonyl (C=O) groups is 1. The Kier molecular flexibility index (Phi) is 5.78. The third-order valence-corrected chi connectivity index (χ3v) is 6.40. The first kappa shape index (κ1) is 19.8. The van der Waals surface area contributed by atoms with E-state index < -0.39 is 5.25 Å². The van der Waals surface area contributed by atoms with Gasteiger partial charge in [0.2, 0.25) is 11.1 Å². The molecule has 0 radical (unpaired) electrons. The maximum absolute atomic E-state index is 13.2. The van der Waals surface area contributed by atoms with Gasteiger partial charge in [0, 0.05) is 17.1 Å². The zero-order valence-electron chi connectivity index (χ0n) is 16.2. The highest BCUT2D eigenvalue weighted by atomic mass is 35.5. The van der Waals surface area contributed by atoms with E-state index in [9.17, 15) is 4.79 Å². The molecule has 1 amide bonds. The lowest BCUT2D eigenvalue weighted by atomic mass is 10.0. The molecule has 8 heteroatoms. The van der Waals surface area contributed by atoms with Gasteiger partial charge >= 0.3 is 0 Å². The fourth-order valence-electron chi connectivity index (χ4n) is 3.29. The number of aryl methyl sites for hydroxylation is 2. The van der Waals surface area contributed by atoms with Crippen molar-refractivity contribution in [2.24, 2.45) is 0 Å². The molecule has 0 aliphatic carbocycles. The number of carbonyl (C=O) groups excluding carboxylic acids is 1. The van der Waals surface area contributed by atoms with E-state index in [0.29, 0.717) is 10.2 Å². The maximum Gasteiger partial charge on any atom is 0.240 e. The lowest BCUT2D eigenvalue weighted by Crippen LogP contribution is -2.41. The molecule has 0 spiro atoms. The Labute approximate surface area is 179 Å². The average molecular weight is 428 g/mol. The van der Waals surface area contributed by atoms with Crippen molar-refractivity contribution in [2.45, 2.75) is 43.1 Å². The highest BCUT2D eigenvalue weighted by Gasteiger charge is 2.37.